The highest BCUT2D eigenvalue weighted by Crippen LogP contribution is 2.19. The molecule has 0 unspecified atom stereocenters. The van der Waals surface area contributed by atoms with E-state index < -0.39 is 0 Å². The number of anilines is 1. The molecule has 3 nitrogen and oxygen atoms in total. The van der Waals surface area contributed by atoms with Gasteiger partial charge in [0.2, 0.25) is 5.56 Å². The average molecular weight is 174 g/mol. The van der Waals surface area contributed by atoms with E-state index in [4.69, 9.17) is 0 Å². The minimum Gasteiger partial charge on any atom is -0.388 e. The maximum atomic E-state index is 11.1. The lowest BCUT2D eigenvalue weighted by atomic mass is 10.1. The summed E-state index contributed by atoms with van der Waals surface area (Å²) in [5.74, 6) is 0. The largest absolute Gasteiger partial charge is 0.388 e. The van der Waals surface area contributed by atoms with Crippen LogP contribution in [-0.2, 0) is 0 Å². The van der Waals surface area contributed by atoms with Gasteiger partial charge in [-0.25, -0.2) is 0 Å². The predicted octanol–water partition coefficient (Wildman–Crippen LogP) is 1.57. The van der Waals surface area contributed by atoms with Crippen LogP contribution in [0.1, 0.15) is 0 Å². The van der Waals surface area contributed by atoms with Gasteiger partial charge in [-0.2, -0.15) is 0 Å². The number of hydrogen-bond donors (Lipinski definition) is 2. The van der Waals surface area contributed by atoms with Crippen LogP contribution < -0.4 is 10.9 Å². The molecule has 2 aromatic rings. The Labute approximate surface area is 75.4 Å². The van der Waals surface area contributed by atoms with E-state index in [1.54, 1.807) is 12.3 Å². The molecule has 3 heteroatoms. The topological polar surface area (TPSA) is 44.9 Å². The Morgan fingerprint density at radius 3 is 3.00 bits per heavy atom. The first-order chi connectivity index (χ1) is 6.31. The number of aromatic amines is 1. The van der Waals surface area contributed by atoms with Crippen molar-refractivity contribution in [2.75, 3.05) is 12.4 Å². The fraction of sp³-hybridized carbons (Fsp3) is 0.100. The van der Waals surface area contributed by atoms with Gasteiger partial charge in [0.1, 0.15) is 0 Å². The molecule has 2 rings (SSSR count). The van der Waals surface area contributed by atoms with Crippen molar-refractivity contribution >= 4 is 16.5 Å². The minimum absolute atomic E-state index is 0.0739. The highest BCUT2D eigenvalue weighted by atomic mass is 16.1. The maximum absolute atomic E-state index is 11.1. The second-order valence-corrected chi connectivity index (χ2v) is 2.86. The number of nitrogens with one attached hydrogen (secondary N) is 2. The molecule has 0 fully saturated rings. The zero-order chi connectivity index (χ0) is 9.26. The molecule has 0 aliphatic carbocycles. The van der Waals surface area contributed by atoms with E-state index >= 15 is 0 Å². The number of H-pyrrole nitrogens is 1. The first-order valence-corrected chi connectivity index (χ1v) is 4.10. The van der Waals surface area contributed by atoms with Crippen molar-refractivity contribution in [1.82, 2.24) is 4.98 Å². The quantitative estimate of drug-likeness (QED) is 0.689. The van der Waals surface area contributed by atoms with Crippen LogP contribution in [0.4, 0.5) is 5.69 Å². The molecule has 0 bridgehead atoms. The van der Waals surface area contributed by atoms with Crippen molar-refractivity contribution in [3.05, 3.63) is 40.8 Å². The van der Waals surface area contributed by atoms with Crippen molar-refractivity contribution in [2.45, 2.75) is 0 Å². The van der Waals surface area contributed by atoms with E-state index in [0.717, 1.165) is 16.5 Å². The number of benzene rings is 1. The first kappa shape index (κ1) is 7.86. The Morgan fingerprint density at radius 1 is 1.38 bits per heavy atom. The number of fused-ring (bicyclic) bond motifs is 1. The third-order valence-electron chi connectivity index (χ3n) is 2.05. The Morgan fingerprint density at radius 2 is 2.23 bits per heavy atom. The molecule has 13 heavy (non-hydrogen) atoms. The van der Waals surface area contributed by atoms with Gasteiger partial charge >= 0.3 is 0 Å². The predicted molar refractivity (Wildman–Crippen MR) is 54.1 cm³/mol. The summed E-state index contributed by atoms with van der Waals surface area (Å²) in [6.45, 7) is 0. The molecular weight excluding hydrogens is 164 g/mol. The molecule has 1 aromatic heterocycles. The van der Waals surface area contributed by atoms with Gasteiger partial charge < -0.3 is 10.3 Å². The number of rotatable bonds is 1. The Kier molecular flexibility index (Phi) is 1.77. The van der Waals surface area contributed by atoms with Crippen LogP contribution in [0.2, 0.25) is 0 Å². The van der Waals surface area contributed by atoms with Crippen LogP contribution in [0.5, 0.6) is 0 Å². The zero-order valence-corrected chi connectivity index (χ0v) is 7.29. The van der Waals surface area contributed by atoms with E-state index in [1.165, 1.54) is 0 Å². The minimum atomic E-state index is -0.0739. The van der Waals surface area contributed by atoms with Crippen molar-refractivity contribution < 1.29 is 0 Å². The smallest absolute Gasteiger partial charge is 0.248 e. The van der Waals surface area contributed by atoms with Gasteiger partial charge in [0.05, 0.1) is 0 Å². The zero-order valence-electron chi connectivity index (χ0n) is 7.29. The Bertz CT molecular complexity index is 487. The van der Waals surface area contributed by atoms with Gasteiger partial charge in [0.25, 0.3) is 0 Å². The number of hydrogen-bond acceptors (Lipinski definition) is 2. The van der Waals surface area contributed by atoms with E-state index in [1.807, 2.05) is 25.2 Å². The molecule has 66 valence electrons. The van der Waals surface area contributed by atoms with Crippen LogP contribution in [-0.4, -0.2) is 12.0 Å². The van der Waals surface area contributed by atoms with E-state index in [0.29, 0.717) is 0 Å². The van der Waals surface area contributed by atoms with Crippen LogP contribution >= 0.6 is 0 Å². The second-order valence-electron chi connectivity index (χ2n) is 2.86. The molecule has 1 aromatic carbocycles. The lowest BCUT2D eigenvalue weighted by Gasteiger charge is -2.03. The summed E-state index contributed by atoms with van der Waals surface area (Å²) in [5.41, 5.74) is 0.902. The molecule has 0 amide bonds. The molecule has 0 spiro atoms. The SMILES string of the molecule is CNc1cccc2c[nH]c(=O)cc12. The third kappa shape index (κ3) is 1.28. The number of pyridine rings is 1. The van der Waals surface area contributed by atoms with Gasteiger partial charge in [-0.3, -0.25) is 4.79 Å². The fourth-order valence-corrected chi connectivity index (χ4v) is 1.41. The number of aromatic nitrogens is 1. The summed E-state index contributed by atoms with van der Waals surface area (Å²) in [5, 5.41) is 5.03. The lowest BCUT2D eigenvalue weighted by Crippen LogP contribution is -2.02. The van der Waals surface area contributed by atoms with Gasteiger partial charge in [-0.15, -0.1) is 0 Å². The highest BCUT2D eigenvalue weighted by Gasteiger charge is 1.98. The van der Waals surface area contributed by atoms with Crippen LogP contribution in [0, 0.1) is 0 Å². The van der Waals surface area contributed by atoms with Gasteiger partial charge in [0, 0.05) is 35.8 Å². The summed E-state index contributed by atoms with van der Waals surface area (Å²) >= 11 is 0. The van der Waals surface area contributed by atoms with Crippen LogP contribution in [0.15, 0.2) is 35.3 Å². The lowest BCUT2D eigenvalue weighted by molar-refractivity contribution is 1.27. The molecule has 0 aliphatic rings. The normalized spacial score (nSPS) is 10.2. The molecule has 0 radical (unpaired) electrons. The molecule has 0 aliphatic heterocycles. The van der Waals surface area contributed by atoms with Gasteiger partial charge in [0.15, 0.2) is 0 Å². The maximum Gasteiger partial charge on any atom is 0.248 e. The monoisotopic (exact) mass is 174 g/mol. The van der Waals surface area contributed by atoms with Crippen LogP contribution in [0.3, 0.4) is 0 Å². The molecule has 1 heterocycles. The molecule has 0 saturated heterocycles. The molecule has 0 saturated carbocycles. The third-order valence-corrected chi connectivity index (χ3v) is 2.05. The summed E-state index contributed by atoms with van der Waals surface area (Å²) in [6.07, 6.45) is 1.72. The van der Waals surface area contributed by atoms with Crippen LogP contribution in [0.25, 0.3) is 10.8 Å². The van der Waals surface area contributed by atoms with E-state index in [9.17, 15) is 4.79 Å². The summed E-state index contributed by atoms with van der Waals surface area (Å²) in [6, 6.07) is 7.46. The van der Waals surface area contributed by atoms with Gasteiger partial charge in [-0.1, -0.05) is 12.1 Å². The van der Waals surface area contributed by atoms with Gasteiger partial charge in [-0.05, 0) is 6.07 Å². The summed E-state index contributed by atoms with van der Waals surface area (Å²) in [7, 11) is 1.84. The van der Waals surface area contributed by atoms with Crippen molar-refractivity contribution in [3.8, 4) is 0 Å². The average Bonchev–Trinajstić information content (AvgIpc) is 2.17. The standard InChI is InChI=1S/C10H10N2O/c1-11-9-4-2-3-7-6-12-10(13)5-8(7)9/h2-6,11H,1H3,(H,12,13). The Balaban J connectivity index is 2.87. The van der Waals surface area contributed by atoms with Crippen molar-refractivity contribution in [2.24, 2.45) is 0 Å². The van der Waals surface area contributed by atoms with E-state index in [-0.39, 0.29) is 5.56 Å². The fourth-order valence-electron chi connectivity index (χ4n) is 1.41. The molecule has 2 N–H and O–H groups in total. The Hall–Kier alpha value is -1.77. The summed E-state index contributed by atoms with van der Waals surface area (Å²) in [4.78, 5) is 13.7. The highest BCUT2D eigenvalue weighted by molar-refractivity contribution is 5.92. The van der Waals surface area contributed by atoms with Crippen molar-refractivity contribution in [1.29, 1.82) is 0 Å². The van der Waals surface area contributed by atoms with E-state index in [2.05, 4.69) is 10.3 Å². The molecule has 0 atom stereocenters. The molecular formula is C10H10N2O. The first-order valence-electron chi connectivity index (χ1n) is 4.10. The van der Waals surface area contributed by atoms with Crippen molar-refractivity contribution in [3.63, 3.8) is 0 Å². The summed E-state index contributed by atoms with van der Waals surface area (Å²) < 4.78 is 0. The second kappa shape index (κ2) is 2.94.